The smallest absolute Gasteiger partial charge is 0.313 e. The van der Waals surface area contributed by atoms with Crippen molar-refractivity contribution in [1.82, 2.24) is 9.55 Å². The van der Waals surface area contributed by atoms with Gasteiger partial charge in [-0.05, 0) is 18.4 Å². The van der Waals surface area contributed by atoms with Crippen LogP contribution in [0.15, 0.2) is 58.3 Å². The fraction of sp³-hybridized carbons (Fsp3) is 0.0625. The summed E-state index contributed by atoms with van der Waals surface area (Å²) in [6, 6.07) is 12.8. The molecule has 2 aromatic carbocycles. The van der Waals surface area contributed by atoms with Crippen molar-refractivity contribution >= 4 is 16.6 Å². The van der Waals surface area contributed by atoms with Gasteiger partial charge >= 0.3 is 5.69 Å². The van der Waals surface area contributed by atoms with E-state index in [1.54, 1.807) is 12.1 Å². The number of carbonyl (C=O) groups is 1. The van der Waals surface area contributed by atoms with E-state index < -0.39 is 11.2 Å². The van der Waals surface area contributed by atoms with Gasteiger partial charge in [0.15, 0.2) is 5.78 Å². The largest absolute Gasteiger partial charge is 0.333 e. The van der Waals surface area contributed by atoms with E-state index in [1.807, 2.05) is 30.3 Å². The third kappa shape index (κ3) is 2.08. The number of fused-ring (bicyclic) bond motifs is 1. The summed E-state index contributed by atoms with van der Waals surface area (Å²) in [5, 5.41) is 1.68. The Bertz CT molecular complexity index is 962. The Labute approximate surface area is 119 Å². The molecule has 1 heterocycles. The molecular formula is C16H12N2O3. The SMILES string of the molecule is CC(=O)c1c[nH]c(=O)n(-c2cccc3ccccc23)c1=O. The Hall–Kier alpha value is -2.95. The van der Waals surface area contributed by atoms with Crippen LogP contribution >= 0.6 is 0 Å². The zero-order valence-electron chi connectivity index (χ0n) is 11.3. The van der Waals surface area contributed by atoms with Gasteiger partial charge in [0.2, 0.25) is 0 Å². The number of nitrogens with zero attached hydrogens (tertiary/aromatic N) is 1. The highest BCUT2D eigenvalue weighted by atomic mass is 16.2. The number of aromatic amines is 1. The third-order valence-corrected chi connectivity index (χ3v) is 3.36. The highest BCUT2D eigenvalue weighted by Gasteiger charge is 2.14. The number of Topliss-reactive ketones (excluding diaryl/α,β-unsaturated/α-hetero) is 1. The quantitative estimate of drug-likeness (QED) is 0.728. The highest BCUT2D eigenvalue weighted by molar-refractivity contribution is 5.94. The Balaban J connectivity index is 2.44. The second-order valence-electron chi connectivity index (χ2n) is 4.70. The topological polar surface area (TPSA) is 71.9 Å². The number of aromatic nitrogens is 2. The van der Waals surface area contributed by atoms with Gasteiger partial charge in [0.1, 0.15) is 0 Å². The van der Waals surface area contributed by atoms with Crippen LogP contribution in [0.2, 0.25) is 0 Å². The van der Waals surface area contributed by atoms with Gasteiger partial charge in [0, 0.05) is 11.6 Å². The molecule has 0 spiro atoms. The number of benzene rings is 2. The third-order valence-electron chi connectivity index (χ3n) is 3.36. The predicted molar refractivity (Wildman–Crippen MR) is 80.2 cm³/mol. The van der Waals surface area contributed by atoms with E-state index in [-0.39, 0.29) is 11.3 Å². The molecule has 0 saturated heterocycles. The van der Waals surface area contributed by atoms with Crippen LogP contribution < -0.4 is 11.2 Å². The number of hydrogen-bond acceptors (Lipinski definition) is 3. The van der Waals surface area contributed by atoms with Crippen LogP contribution in [0.3, 0.4) is 0 Å². The van der Waals surface area contributed by atoms with Crippen molar-refractivity contribution in [3.63, 3.8) is 0 Å². The molecule has 104 valence electrons. The van der Waals surface area contributed by atoms with Crippen LogP contribution in [-0.4, -0.2) is 15.3 Å². The van der Waals surface area contributed by atoms with E-state index in [1.165, 1.54) is 6.92 Å². The molecule has 0 fully saturated rings. The van der Waals surface area contributed by atoms with E-state index in [0.717, 1.165) is 21.5 Å². The highest BCUT2D eigenvalue weighted by Crippen LogP contribution is 2.19. The van der Waals surface area contributed by atoms with Crippen molar-refractivity contribution in [2.24, 2.45) is 0 Å². The lowest BCUT2D eigenvalue weighted by molar-refractivity contribution is 0.101. The van der Waals surface area contributed by atoms with Crippen LogP contribution in [0.25, 0.3) is 16.5 Å². The minimum Gasteiger partial charge on any atom is -0.313 e. The van der Waals surface area contributed by atoms with Gasteiger partial charge in [-0.15, -0.1) is 0 Å². The standard InChI is InChI=1S/C16H12N2O3/c1-10(19)13-9-17-16(21)18(15(13)20)14-8-4-6-11-5-2-3-7-12(11)14/h2-9H,1H3,(H,17,21). The van der Waals surface area contributed by atoms with Gasteiger partial charge in [-0.2, -0.15) is 0 Å². The molecule has 0 bridgehead atoms. The van der Waals surface area contributed by atoms with Gasteiger partial charge in [-0.1, -0.05) is 36.4 Å². The fourth-order valence-corrected chi connectivity index (χ4v) is 2.35. The van der Waals surface area contributed by atoms with Crippen LogP contribution in [0.4, 0.5) is 0 Å². The second kappa shape index (κ2) is 4.86. The number of hydrogen-bond donors (Lipinski definition) is 1. The first-order valence-corrected chi connectivity index (χ1v) is 6.43. The van der Waals surface area contributed by atoms with Crippen molar-refractivity contribution in [1.29, 1.82) is 0 Å². The summed E-state index contributed by atoms with van der Waals surface area (Å²) in [6.45, 7) is 1.29. The number of carbonyl (C=O) groups excluding carboxylic acids is 1. The fourth-order valence-electron chi connectivity index (χ4n) is 2.35. The summed E-state index contributed by atoms with van der Waals surface area (Å²) in [5.74, 6) is -0.384. The van der Waals surface area contributed by atoms with Crippen LogP contribution in [-0.2, 0) is 0 Å². The maximum Gasteiger partial charge on any atom is 0.333 e. The normalized spacial score (nSPS) is 10.7. The second-order valence-corrected chi connectivity index (χ2v) is 4.70. The summed E-state index contributed by atoms with van der Waals surface area (Å²) in [7, 11) is 0. The summed E-state index contributed by atoms with van der Waals surface area (Å²) < 4.78 is 0.999. The maximum absolute atomic E-state index is 12.4. The summed E-state index contributed by atoms with van der Waals surface area (Å²) >= 11 is 0. The van der Waals surface area contributed by atoms with Crippen LogP contribution in [0.5, 0.6) is 0 Å². The Morgan fingerprint density at radius 2 is 1.76 bits per heavy atom. The molecule has 0 saturated carbocycles. The first-order valence-electron chi connectivity index (χ1n) is 6.43. The first kappa shape index (κ1) is 13.1. The number of nitrogens with one attached hydrogen (secondary N) is 1. The molecule has 0 unspecified atom stereocenters. The molecule has 0 aliphatic rings. The number of H-pyrrole nitrogens is 1. The molecule has 3 aromatic rings. The van der Waals surface area contributed by atoms with Crippen LogP contribution in [0, 0.1) is 0 Å². The van der Waals surface area contributed by atoms with Gasteiger partial charge in [0.05, 0.1) is 11.3 Å². The molecule has 0 amide bonds. The maximum atomic E-state index is 12.4. The molecule has 0 aliphatic heterocycles. The van der Waals surface area contributed by atoms with Crippen molar-refractivity contribution in [2.75, 3.05) is 0 Å². The van der Waals surface area contributed by atoms with Crippen molar-refractivity contribution in [3.8, 4) is 5.69 Å². The minimum absolute atomic E-state index is 0.0393. The number of ketones is 1. The lowest BCUT2D eigenvalue weighted by atomic mass is 10.1. The van der Waals surface area contributed by atoms with Gasteiger partial charge < -0.3 is 4.98 Å². The first-order chi connectivity index (χ1) is 10.1. The zero-order valence-corrected chi connectivity index (χ0v) is 11.3. The lowest BCUT2D eigenvalue weighted by Gasteiger charge is -2.09. The monoisotopic (exact) mass is 280 g/mol. The van der Waals surface area contributed by atoms with E-state index in [9.17, 15) is 14.4 Å². The molecule has 0 atom stereocenters. The Morgan fingerprint density at radius 3 is 2.52 bits per heavy atom. The van der Waals surface area contributed by atoms with E-state index in [2.05, 4.69) is 4.98 Å². The van der Waals surface area contributed by atoms with Crippen LogP contribution in [0.1, 0.15) is 17.3 Å². The molecule has 5 nitrogen and oxygen atoms in total. The molecule has 1 aromatic heterocycles. The average Bonchev–Trinajstić information content (AvgIpc) is 2.47. The summed E-state index contributed by atoms with van der Waals surface area (Å²) in [6.07, 6.45) is 1.16. The van der Waals surface area contributed by atoms with Gasteiger partial charge in [-0.25, -0.2) is 9.36 Å². The molecule has 0 aliphatic carbocycles. The molecular weight excluding hydrogens is 268 g/mol. The van der Waals surface area contributed by atoms with Crippen molar-refractivity contribution in [3.05, 3.63) is 75.1 Å². The lowest BCUT2D eigenvalue weighted by Crippen LogP contribution is -2.36. The minimum atomic E-state index is -0.609. The molecule has 5 heteroatoms. The van der Waals surface area contributed by atoms with Gasteiger partial charge in [0.25, 0.3) is 5.56 Å². The molecule has 21 heavy (non-hydrogen) atoms. The summed E-state index contributed by atoms with van der Waals surface area (Å²) in [5.41, 5.74) is -0.756. The molecule has 1 N–H and O–H groups in total. The Kier molecular flexibility index (Phi) is 3.02. The van der Waals surface area contributed by atoms with E-state index in [0.29, 0.717) is 5.69 Å². The van der Waals surface area contributed by atoms with E-state index in [4.69, 9.17) is 0 Å². The number of rotatable bonds is 2. The van der Waals surface area contributed by atoms with Gasteiger partial charge in [-0.3, -0.25) is 9.59 Å². The molecule has 0 radical (unpaired) electrons. The Morgan fingerprint density at radius 1 is 1.05 bits per heavy atom. The zero-order chi connectivity index (χ0) is 15.0. The molecule has 3 rings (SSSR count). The van der Waals surface area contributed by atoms with E-state index >= 15 is 0 Å². The van der Waals surface area contributed by atoms with Crippen molar-refractivity contribution < 1.29 is 4.79 Å². The summed E-state index contributed by atoms with van der Waals surface area (Å²) in [4.78, 5) is 38.4. The predicted octanol–water partition coefficient (Wildman–Crippen LogP) is 1.88. The average molecular weight is 280 g/mol. The van der Waals surface area contributed by atoms with Crippen molar-refractivity contribution in [2.45, 2.75) is 6.92 Å².